The van der Waals surface area contributed by atoms with E-state index in [4.69, 9.17) is 17.3 Å². The van der Waals surface area contributed by atoms with Crippen LogP contribution in [0.1, 0.15) is 11.1 Å². The van der Waals surface area contributed by atoms with Gasteiger partial charge in [0.25, 0.3) is 0 Å². The Morgan fingerprint density at radius 1 is 1.38 bits per heavy atom. The quantitative estimate of drug-likeness (QED) is 0.590. The second-order valence-corrected chi connectivity index (χ2v) is 6.05. The van der Waals surface area contributed by atoms with Crippen molar-refractivity contribution in [3.05, 3.63) is 57.3 Å². The first-order chi connectivity index (χ1) is 11.3. The molecule has 2 aromatic rings. The molecule has 0 amide bonds. The summed E-state index contributed by atoms with van der Waals surface area (Å²) >= 11 is 9.27. The number of ether oxygens (including phenoxy) is 1. The maximum atomic E-state index is 14.0. The molecule has 0 saturated heterocycles. The molecule has 0 fully saturated rings. The topological polar surface area (TPSA) is 47.3 Å². The summed E-state index contributed by atoms with van der Waals surface area (Å²) < 4.78 is 44.3. The van der Waals surface area contributed by atoms with Crippen molar-refractivity contribution in [1.82, 2.24) is 0 Å². The number of rotatable bonds is 6. The van der Waals surface area contributed by atoms with E-state index in [1.807, 2.05) is 0 Å². The van der Waals surface area contributed by atoms with Crippen molar-refractivity contribution in [3.63, 3.8) is 0 Å². The van der Waals surface area contributed by atoms with Crippen LogP contribution in [0.3, 0.4) is 0 Å². The number of nitrogen functional groups attached to an aromatic ring is 1. The van der Waals surface area contributed by atoms with Crippen LogP contribution in [0.5, 0.6) is 5.75 Å². The van der Waals surface area contributed by atoms with E-state index in [0.29, 0.717) is 16.9 Å². The fraction of sp³-hybridized carbons (Fsp3) is 0.125. The van der Waals surface area contributed by atoms with Crippen molar-refractivity contribution in [2.24, 2.45) is 0 Å². The summed E-state index contributed by atoms with van der Waals surface area (Å²) in [5.74, 6) is -1.56. The smallest absolute Gasteiger partial charge is 0.387 e. The maximum absolute atomic E-state index is 14.0. The van der Waals surface area contributed by atoms with Gasteiger partial charge in [-0.25, -0.2) is 4.39 Å². The van der Waals surface area contributed by atoms with Crippen LogP contribution >= 0.6 is 27.5 Å². The summed E-state index contributed by atoms with van der Waals surface area (Å²) in [5, 5.41) is 3.00. The third-order valence-electron chi connectivity index (χ3n) is 3.21. The third kappa shape index (κ3) is 4.15. The number of hydrogen-bond donors (Lipinski definition) is 2. The monoisotopic (exact) mass is 420 g/mol. The Bertz CT molecular complexity index is 771. The summed E-state index contributed by atoms with van der Waals surface area (Å²) in [6, 6.07) is 6.03. The van der Waals surface area contributed by atoms with Crippen molar-refractivity contribution >= 4 is 45.0 Å². The highest BCUT2D eigenvalue weighted by atomic mass is 79.9. The third-order valence-corrected chi connectivity index (χ3v) is 4.01. The van der Waals surface area contributed by atoms with Crippen molar-refractivity contribution in [3.8, 4) is 5.75 Å². The number of halogens is 5. The number of benzene rings is 2. The lowest BCUT2D eigenvalue weighted by Crippen LogP contribution is -2.11. The van der Waals surface area contributed by atoms with Gasteiger partial charge in [0.1, 0.15) is 0 Å². The summed E-state index contributed by atoms with van der Waals surface area (Å²) in [7, 11) is 0. The van der Waals surface area contributed by atoms with Crippen LogP contribution in [0.15, 0.2) is 35.3 Å². The Morgan fingerprint density at radius 2 is 2.08 bits per heavy atom. The molecule has 2 rings (SSSR count). The Balaban J connectivity index is 2.43. The molecule has 0 spiro atoms. The summed E-state index contributed by atoms with van der Waals surface area (Å²) in [5.41, 5.74) is 7.25. The highest BCUT2D eigenvalue weighted by molar-refractivity contribution is 9.10. The zero-order chi connectivity index (χ0) is 17.9. The van der Waals surface area contributed by atoms with Gasteiger partial charge in [0.15, 0.2) is 11.6 Å². The van der Waals surface area contributed by atoms with Crippen molar-refractivity contribution in [2.45, 2.75) is 13.2 Å². The van der Waals surface area contributed by atoms with Gasteiger partial charge < -0.3 is 15.8 Å². The standard InChI is InChI=1S/C16H13BrClF3N2O/c1-2-9-10(7-23-14-5-8(17)3-4-13(14)22)15(24-16(20)21)12(19)6-11(9)18/h2-6,16,23H,1,7,22H2. The van der Waals surface area contributed by atoms with Crippen LogP contribution in [-0.2, 0) is 6.54 Å². The lowest BCUT2D eigenvalue weighted by molar-refractivity contribution is -0.0527. The predicted molar refractivity (Wildman–Crippen MR) is 94.0 cm³/mol. The fourth-order valence-corrected chi connectivity index (χ4v) is 2.79. The van der Waals surface area contributed by atoms with Gasteiger partial charge in [-0.15, -0.1) is 0 Å². The Morgan fingerprint density at radius 3 is 2.71 bits per heavy atom. The largest absolute Gasteiger partial charge is 0.431 e. The normalized spacial score (nSPS) is 10.8. The number of nitrogens with one attached hydrogen (secondary N) is 1. The van der Waals surface area contributed by atoms with Crippen LogP contribution in [0, 0.1) is 5.82 Å². The molecule has 0 bridgehead atoms. The highest BCUT2D eigenvalue weighted by Gasteiger charge is 2.20. The van der Waals surface area contributed by atoms with E-state index in [2.05, 4.69) is 32.6 Å². The van der Waals surface area contributed by atoms with Crippen molar-refractivity contribution in [1.29, 1.82) is 0 Å². The molecule has 0 heterocycles. The first-order valence-corrected chi connectivity index (χ1v) is 7.87. The lowest BCUT2D eigenvalue weighted by Gasteiger charge is -2.17. The minimum absolute atomic E-state index is 0.0401. The first kappa shape index (κ1) is 18.5. The first-order valence-electron chi connectivity index (χ1n) is 6.70. The van der Waals surface area contributed by atoms with Crippen LogP contribution in [0.25, 0.3) is 6.08 Å². The second-order valence-electron chi connectivity index (χ2n) is 4.73. The molecule has 0 unspecified atom stereocenters. The Hall–Kier alpha value is -1.86. The van der Waals surface area contributed by atoms with Gasteiger partial charge in [0.05, 0.1) is 16.4 Å². The fourth-order valence-electron chi connectivity index (χ4n) is 2.14. The molecule has 0 radical (unpaired) electrons. The Labute approximate surface area is 150 Å². The minimum atomic E-state index is -3.17. The molecule has 3 nitrogen and oxygen atoms in total. The molecule has 3 N–H and O–H groups in total. The molecule has 24 heavy (non-hydrogen) atoms. The van der Waals surface area contributed by atoms with E-state index in [1.165, 1.54) is 6.08 Å². The molecule has 2 aromatic carbocycles. The van der Waals surface area contributed by atoms with Crippen molar-refractivity contribution < 1.29 is 17.9 Å². The zero-order valence-corrected chi connectivity index (χ0v) is 14.6. The van der Waals surface area contributed by atoms with E-state index in [-0.39, 0.29) is 17.1 Å². The zero-order valence-electron chi connectivity index (χ0n) is 12.3. The number of anilines is 2. The van der Waals surface area contributed by atoms with Gasteiger partial charge in [-0.2, -0.15) is 8.78 Å². The predicted octanol–water partition coefficient (Wildman–Crippen LogP) is 5.68. The summed E-state index contributed by atoms with van der Waals surface area (Å²) in [6.45, 7) is 0.366. The van der Waals surface area contributed by atoms with Crippen molar-refractivity contribution in [2.75, 3.05) is 11.1 Å². The molecular weight excluding hydrogens is 409 g/mol. The van der Waals surface area contributed by atoms with Gasteiger partial charge in [-0.3, -0.25) is 0 Å². The maximum Gasteiger partial charge on any atom is 0.387 e. The van der Waals surface area contributed by atoms with Gasteiger partial charge in [0, 0.05) is 22.1 Å². The molecule has 0 atom stereocenters. The average Bonchev–Trinajstić information content (AvgIpc) is 2.51. The van der Waals surface area contributed by atoms with Gasteiger partial charge >= 0.3 is 6.61 Å². The molecule has 0 aliphatic rings. The van der Waals surface area contributed by atoms with E-state index in [0.717, 1.165) is 10.5 Å². The average molecular weight is 422 g/mol. The second kappa shape index (κ2) is 7.81. The lowest BCUT2D eigenvalue weighted by atomic mass is 10.1. The van der Waals surface area contributed by atoms with Gasteiger partial charge in [0.2, 0.25) is 0 Å². The van der Waals surface area contributed by atoms with E-state index < -0.39 is 18.2 Å². The van der Waals surface area contributed by atoms with E-state index in [1.54, 1.807) is 18.2 Å². The van der Waals surface area contributed by atoms with E-state index in [9.17, 15) is 13.2 Å². The molecule has 8 heteroatoms. The van der Waals surface area contributed by atoms with Crippen LogP contribution in [0.2, 0.25) is 5.02 Å². The van der Waals surface area contributed by atoms with Crippen LogP contribution in [-0.4, -0.2) is 6.61 Å². The van der Waals surface area contributed by atoms with Gasteiger partial charge in [-0.1, -0.05) is 40.2 Å². The highest BCUT2D eigenvalue weighted by Crippen LogP contribution is 2.35. The molecular formula is C16H13BrClF3N2O. The molecule has 0 aliphatic carbocycles. The number of alkyl halides is 2. The van der Waals surface area contributed by atoms with E-state index >= 15 is 0 Å². The number of hydrogen-bond acceptors (Lipinski definition) is 3. The SMILES string of the molecule is C=Cc1c(Cl)cc(F)c(OC(F)F)c1CNc1cc(Br)ccc1N. The van der Waals surface area contributed by atoms with Crippen LogP contribution < -0.4 is 15.8 Å². The number of nitrogens with two attached hydrogens (primary N) is 1. The molecule has 0 aromatic heterocycles. The molecule has 0 aliphatic heterocycles. The summed E-state index contributed by atoms with van der Waals surface area (Å²) in [6.07, 6.45) is 1.35. The van der Waals surface area contributed by atoms with Crippen LogP contribution in [0.4, 0.5) is 24.5 Å². The minimum Gasteiger partial charge on any atom is -0.431 e. The molecule has 128 valence electrons. The van der Waals surface area contributed by atoms with Gasteiger partial charge in [-0.05, 0) is 24.3 Å². The summed E-state index contributed by atoms with van der Waals surface area (Å²) in [4.78, 5) is 0. The Kier molecular flexibility index (Phi) is 6.01. The molecule has 0 saturated carbocycles.